The van der Waals surface area contributed by atoms with E-state index in [9.17, 15) is 12.8 Å². The van der Waals surface area contributed by atoms with E-state index in [4.69, 9.17) is 0 Å². The summed E-state index contributed by atoms with van der Waals surface area (Å²) in [4.78, 5) is 0.126. The zero-order valence-electron chi connectivity index (χ0n) is 14.7. The number of benzene rings is 1. The van der Waals surface area contributed by atoms with E-state index in [1.165, 1.54) is 22.5 Å². The number of nitrogens with zero attached hydrogens (tertiary/aromatic N) is 4. The molecule has 0 bridgehead atoms. The van der Waals surface area contributed by atoms with Gasteiger partial charge in [0.2, 0.25) is 10.0 Å². The van der Waals surface area contributed by atoms with Crippen LogP contribution < -0.4 is 5.32 Å². The van der Waals surface area contributed by atoms with Gasteiger partial charge in [-0.3, -0.25) is 0 Å². The molecule has 1 aromatic heterocycles. The number of aryl methyl sites for hydroxylation is 1. The number of rotatable bonds is 3. The van der Waals surface area contributed by atoms with Crippen LogP contribution in [0.25, 0.3) is 0 Å². The second kappa shape index (κ2) is 6.71. The molecule has 0 spiro atoms. The molecule has 2 aromatic rings. The van der Waals surface area contributed by atoms with Crippen LogP contribution in [-0.2, 0) is 23.0 Å². The molecule has 1 saturated heterocycles. The molecule has 1 N–H and O–H groups in total. The fourth-order valence-electron chi connectivity index (χ4n) is 3.74. The van der Waals surface area contributed by atoms with Crippen LogP contribution in [0.3, 0.4) is 0 Å². The number of fused-ring (bicyclic) bond motifs is 1. The summed E-state index contributed by atoms with van der Waals surface area (Å²) in [6, 6.07) is 3.61. The predicted molar refractivity (Wildman–Crippen MR) is 93.6 cm³/mol. The Morgan fingerprint density at radius 3 is 2.88 bits per heavy atom. The van der Waals surface area contributed by atoms with E-state index in [0.29, 0.717) is 24.4 Å². The van der Waals surface area contributed by atoms with E-state index < -0.39 is 15.8 Å². The Balaban J connectivity index is 1.70. The van der Waals surface area contributed by atoms with Gasteiger partial charge in [-0.05, 0) is 43.5 Å². The van der Waals surface area contributed by atoms with Gasteiger partial charge in [-0.25, -0.2) is 12.8 Å². The zero-order valence-corrected chi connectivity index (χ0v) is 15.5. The van der Waals surface area contributed by atoms with Crippen molar-refractivity contribution in [3.8, 4) is 0 Å². The van der Waals surface area contributed by atoms with Crippen molar-refractivity contribution in [3.63, 3.8) is 0 Å². The van der Waals surface area contributed by atoms with Gasteiger partial charge >= 0.3 is 0 Å². The van der Waals surface area contributed by atoms with Crippen molar-refractivity contribution >= 4 is 10.0 Å². The van der Waals surface area contributed by atoms with E-state index in [-0.39, 0.29) is 10.9 Å². The van der Waals surface area contributed by atoms with Crippen LogP contribution in [0.5, 0.6) is 0 Å². The van der Waals surface area contributed by atoms with Crippen LogP contribution in [0.4, 0.5) is 4.39 Å². The highest BCUT2D eigenvalue weighted by Crippen LogP contribution is 2.36. The quantitative estimate of drug-likeness (QED) is 0.872. The van der Waals surface area contributed by atoms with Gasteiger partial charge in [-0.2, -0.15) is 4.31 Å². The molecule has 1 aromatic carbocycles. The number of sulfonamides is 1. The van der Waals surface area contributed by atoms with Crippen LogP contribution in [-0.4, -0.2) is 47.1 Å². The first kappa shape index (κ1) is 17.6. The molecule has 140 valence electrons. The Morgan fingerprint density at radius 1 is 1.23 bits per heavy atom. The molecule has 2 aliphatic heterocycles. The molecule has 7 nitrogen and oxygen atoms in total. The van der Waals surface area contributed by atoms with E-state index in [1.54, 1.807) is 6.92 Å². The third-order valence-electron chi connectivity index (χ3n) is 5.13. The van der Waals surface area contributed by atoms with Gasteiger partial charge in [0.25, 0.3) is 0 Å². The van der Waals surface area contributed by atoms with Gasteiger partial charge in [0.05, 0.1) is 10.9 Å². The maximum atomic E-state index is 13.6. The lowest BCUT2D eigenvalue weighted by molar-refractivity contribution is 0.371. The van der Waals surface area contributed by atoms with Crippen molar-refractivity contribution in [1.29, 1.82) is 0 Å². The molecule has 0 unspecified atom stereocenters. The Hall–Kier alpha value is -1.84. The Labute approximate surface area is 152 Å². The average Bonchev–Trinajstić information content (AvgIpc) is 3.18. The molecular weight excluding hydrogens is 357 g/mol. The monoisotopic (exact) mass is 379 g/mol. The van der Waals surface area contributed by atoms with Gasteiger partial charge < -0.3 is 9.88 Å². The lowest BCUT2D eigenvalue weighted by Gasteiger charge is -2.24. The minimum Gasteiger partial charge on any atom is -0.315 e. The molecule has 1 fully saturated rings. The first-order chi connectivity index (χ1) is 12.5. The fraction of sp³-hybridized carbons (Fsp3) is 0.529. The highest BCUT2D eigenvalue weighted by atomic mass is 32.2. The molecule has 2 aliphatic rings. The summed E-state index contributed by atoms with van der Waals surface area (Å²) in [6.07, 6.45) is 2.26. The van der Waals surface area contributed by atoms with Crippen LogP contribution in [0, 0.1) is 12.7 Å². The lowest BCUT2D eigenvalue weighted by Crippen LogP contribution is -2.32. The first-order valence-corrected chi connectivity index (χ1v) is 10.3. The molecular formula is C17H22FN5O2S. The normalized spacial score (nSPS) is 21.5. The van der Waals surface area contributed by atoms with Crippen LogP contribution in [0.2, 0.25) is 0 Å². The van der Waals surface area contributed by atoms with Crippen LogP contribution >= 0.6 is 0 Å². The molecule has 0 saturated carbocycles. The van der Waals surface area contributed by atoms with Gasteiger partial charge in [-0.15, -0.1) is 10.2 Å². The Morgan fingerprint density at radius 2 is 2.08 bits per heavy atom. The minimum absolute atomic E-state index is 0.126. The van der Waals surface area contributed by atoms with Crippen molar-refractivity contribution in [2.24, 2.45) is 0 Å². The molecule has 9 heteroatoms. The van der Waals surface area contributed by atoms with Gasteiger partial charge in [-0.1, -0.05) is 0 Å². The number of hydrogen-bond acceptors (Lipinski definition) is 5. The van der Waals surface area contributed by atoms with E-state index in [1.807, 2.05) is 0 Å². The summed E-state index contributed by atoms with van der Waals surface area (Å²) >= 11 is 0. The molecule has 0 radical (unpaired) electrons. The average molecular weight is 379 g/mol. The molecule has 0 aliphatic carbocycles. The minimum atomic E-state index is -3.72. The summed E-state index contributed by atoms with van der Waals surface area (Å²) in [7, 11) is -3.72. The maximum Gasteiger partial charge on any atom is 0.243 e. The number of hydrogen-bond donors (Lipinski definition) is 1. The maximum absolute atomic E-state index is 13.6. The smallest absolute Gasteiger partial charge is 0.243 e. The zero-order chi connectivity index (χ0) is 18.3. The lowest BCUT2D eigenvalue weighted by atomic mass is 10.2. The predicted octanol–water partition coefficient (Wildman–Crippen LogP) is 1.40. The van der Waals surface area contributed by atoms with Crippen LogP contribution in [0.15, 0.2) is 23.1 Å². The standard InChI is InChI=1S/C17H22FN5O2S/c1-12-11-13(4-5-14(12)18)26(24,25)23-9-2-3-15(23)17-21-20-16-6-7-19-8-10-22(16)17/h4-5,11,15,19H,2-3,6-10H2,1H3/t15-/m0/s1. The first-order valence-electron chi connectivity index (χ1n) is 8.89. The van der Waals surface area contributed by atoms with Crippen molar-refractivity contribution in [1.82, 2.24) is 24.4 Å². The topological polar surface area (TPSA) is 80.1 Å². The highest BCUT2D eigenvalue weighted by Gasteiger charge is 2.39. The molecule has 1 atom stereocenters. The van der Waals surface area contributed by atoms with Gasteiger partial charge in [0, 0.05) is 32.6 Å². The number of aromatic nitrogens is 3. The second-order valence-electron chi connectivity index (χ2n) is 6.81. The van der Waals surface area contributed by atoms with Crippen LogP contribution in [0.1, 0.15) is 36.1 Å². The highest BCUT2D eigenvalue weighted by molar-refractivity contribution is 7.89. The Bertz CT molecular complexity index is 927. The summed E-state index contributed by atoms with van der Waals surface area (Å²) in [5.41, 5.74) is 0.323. The molecule has 0 amide bonds. The van der Waals surface area contributed by atoms with Crippen molar-refractivity contribution in [2.45, 2.75) is 43.7 Å². The van der Waals surface area contributed by atoms with Crippen molar-refractivity contribution < 1.29 is 12.8 Å². The van der Waals surface area contributed by atoms with Gasteiger partial charge in [0.15, 0.2) is 5.82 Å². The van der Waals surface area contributed by atoms with E-state index >= 15 is 0 Å². The van der Waals surface area contributed by atoms with Crippen molar-refractivity contribution in [2.75, 3.05) is 19.6 Å². The third-order valence-corrected chi connectivity index (χ3v) is 7.04. The van der Waals surface area contributed by atoms with E-state index in [2.05, 4.69) is 20.1 Å². The van der Waals surface area contributed by atoms with Gasteiger partial charge in [0.1, 0.15) is 11.6 Å². The second-order valence-corrected chi connectivity index (χ2v) is 8.70. The van der Waals surface area contributed by atoms with E-state index in [0.717, 1.165) is 38.3 Å². The molecule has 3 heterocycles. The molecule has 26 heavy (non-hydrogen) atoms. The molecule has 4 rings (SSSR count). The summed E-state index contributed by atoms with van der Waals surface area (Å²) < 4.78 is 43.4. The summed E-state index contributed by atoms with van der Waals surface area (Å²) in [5.74, 6) is 1.20. The number of halogens is 1. The summed E-state index contributed by atoms with van der Waals surface area (Å²) in [5, 5.41) is 11.9. The Kier molecular flexibility index (Phi) is 4.54. The number of nitrogens with one attached hydrogen (secondary N) is 1. The van der Waals surface area contributed by atoms with Crippen molar-refractivity contribution in [3.05, 3.63) is 41.2 Å². The SMILES string of the molecule is Cc1cc(S(=O)(=O)N2CCC[C@H]2c2nnc3n2CCNCC3)ccc1F. The fourth-order valence-corrected chi connectivity index (χ4v) is 5.48. The summed E-state index contributed by atoms with van der Waals surface area (Å²) in [6.45, 7) is 4.40. The third kappa shape index (κ3) is 2.93. The largest absolute Gasteiger partial charge is 0.315 e.